The Balaban J connectivity index is 1.72. The zero-order valence-electron chi connectivity index (χ0n) is 10.3. The summed E-state index contributed by atoms with van der Waals surface area (Å²) in [4.78, 5) is 16.8. The highest BCUT2D eigenvalue weighted by molar-refractivity contribution is 7.11. The Kier molecular flexibility index (Phi) is 3.26. The van der Waals surface area contributed by atoms with Crippen molar-refractivity contribution in [3.8, 4) is 0 Å². The lowest BCUT2D eigenvalue weighted by atomic mass is 10.0. The molecule has 4 nitrogen and oxygen atoms in total. The lowest BCUT2D eigenvalue weighted by molar-refractivity contribution is -0.0542. The lowest BCUT2D eigenvalue weighted by Crippen LogP contribution is -2.57. The van der Waals surface area contributed by atoms with Gasteiger partial charge in [-0.05, 0) is 12.8 Å². The molecule has 1 amide bonds. The fourth-order valence-electron chi connectivity index (χ4n) is 2.28. The topological polar surface area (TPSA) is 54.0 Å². The summed E-state index contributed by atoms with van der Waals surface area (Å²) in [5, 5.41) is 5.34. The summed E-state index contributed by atoms with van der Waals surface area (Å²) in [5.41, 5.74) is 2.38. The molecule has 0 aromatic carbocycles. The van der Waals surface area contributed by atoms with Gasteiger partial charge in [-0.1, -0.05) is 0 Å². The van der Waals surface area contributed by atoms with Crippen molar-refractivity contribution in [2.75, 3.05) is 13.1 Å². The summed E-state index contributed by atoms with van der Waals surface area (Å²) in [7, 11) is 0. The molecule has 19 heavy (non-hydrogen) atoms. The highest BCUT2D eigenvalue weighted by Gasteiger charge is 2.43. The van der Waals surface area contributed by atoms with Gasteiger partial charge in [0.15, 0.2) is 0 Å². The van der Waals surface area contributed by atoms with E-state index in [-0.39, 0.29) is 19.5 Å². The van der Waals surface area contributed by atoms with Crippen molar-refractivity contribution in [1.29, 1.82) is 0 Å². The van der Waals surface area contributed by atoms with Crippen molar-refractivity contribution in [3.63, 3.8) is 0 Å². The zero-order chi connectivity index (χ0) is 13.5. The molecule has 0 spiro atoms. The smallest absolute Gasteiger partial charge is 0.270 e. The van der Waals surface area contributed by atoms with Gasteiger partial charge in [-0.15, -0.1) is 11.3 Å². The number of piperidine rings is 1. The lowest BCUT2D eigenvalue weighted by Gasteiger charge is -2.32. The van der Waals surface area contributed by atoms with Crippen LogP contribution < -0.4 is 10.6 Å². The highest BCUT2D eigenvalue weighted by atomic mass is 32.1. The van der Waals surface area contributed by atoms with Crippen LogP contribution >= 0.6 is 11.3 Å². The quantitative estimate of drug-likeness (QED) is 0.890. The maximum atomic E-state index is 13.7. The number of carbonyl (C=O) groups is 1. The predicted molar refractivity (Wildman–Crippen MR) is 67.8 cm³/mol. The normalized spacial score (nSPS) is 26.1. The standard InChI is InChI=1S/C12H15F2N3OS/c13-12(14)3-4-15-5-8(12)17-11(18)10-9(7-1-2-7)16-6-19-10/h6-8,15H,1-5H2,(H,17,18)/t8-/m0/s1. The van der Waals surface area contributed by atoms with Crippen molar-refractivity contribution < 1.29 is 13.6 Å². The Bertz CT molecular complexity index is 487. The summed E-state index contributed by atoms with van der Waals surface area (Å²) in [6.45, 7) is 0.392. The van der Waals surface area contributed by atoms with E-state index in [4.69, 9.17) is 0 Å². The van der Waals surface area contributed by atoms with Gasteiger partial charge >= 0.3 is 0 Å². The summed E-state index contributed by atoms with van der Waals surface area (Å²) in [5.74, 6) is -2.92. The largest absolute Gasteiger partial charge is 0.341 e. The van der Waals surface area contributed by atoms with E-state index in [1.165, 1.54) is 11.3 Å². The van der Waals surface area contributed by atoms with Gasteiger partial charge in [0.05, 0.1) is 11.2 Å². The molecule has 2 aliphatic rings. The molecule has 1 atom stereocenters. The number of thiazole rings is 1. The second-order valence-electron chi connectivity index (χ2n) is 5.08. The molecule has 1 saturated heterocycles. The van der Waals surface area contributed by atoms with Crippen LogP contribution in [0.1, 0.15) is 40.5 Å². The van der Waals surface area contributed by atoms with Gasteiger partial charge in [0.2, 0.25) is 0 Å². The number of rotatable bonds is 3. The monoisotopic (exact) mass is 287 g/mol. The average Bonchev–Trinajstić information content (AvgIpc) is 3.09. The maximum Gasteiger partial charge on any atom is 0.270 e. The van der Waals surface area contributed by atoms with E-state index in [9.17, 15) is 13.6 Å². The molecular formula is C12H15F2N3OS. The van der Waals surface area contributed by atoms with Crippen LogP contribution in [0.5, 0.6) is 0 Å². The number of hydrogen-bond donors (Lipinski definition) is 2. The van der Waals surface area contributed by atoms with E-state index in [0.717, 1.165) is 18.5 Å². The first-order valence-corrected chi connectivity index (χ1v) is 7.28. The Hall–Kier alpha value is -1.08. The Morgan fingerprint density at radius 3 is 3.00 bits per heavy atom. The molecule has 1 aromatic heterocycles. The minimum absolute atomic E-state index is 0.107. The van der Waals surface area contributed by atoms with E-state index < -0.39 is 17.9 Å². The van der Waals surface area contributed by atoms with Gasteiger partial charge in [-0.3, -0.25) is 4.79 Å². The second-order valence-corrected chi connectivity index (χ2v) is 5.94. The van der Waals surface area contributed by atoms with Gasteiger partial charge in [0.1, 0.15) is 10.9 Å². The fraction of sp³-hybridized carbons (Fsp3) is 0.667. The number of alkyl halides is 2. The molecule has 2 heterocycles. The predicted octanol–water partition coefficient (Wildman–Crippen LogP) is 1.75. The van der Waals surface area contributed by atoms with Crippen LogP contribution in [0.3, 0.4) is 0 Å². The Morgan fingerprint density at radius 1 is 1.53 bits per heavy atom. The van der Waals surface area contributed by atoms with E-state index in [0.29, 0.717) is 10.8 Å². The van der Waals surface area contributed by atoms with Crippen LogP contribution in [0.4, 0.5) is 8.78 Å². The molecule has 2 fully saturated rings. The molecule has 1 saturated carbocycles. The van der Waals surface area contributed by atoms with Crippen LogP contribution in [0.2, 0.25) is 0 Å². The van der Waals surface area contributed by atoms with E-state index in [1.54, 1.807) is 5.51 Å². The third kappa shape index (κ3) is 2.62. The van der Waals surface area contributed by atoms with E-state index >= 15 is 0 Å². The first kappa shape index (κ1) is 12.9. The number of amides is 1. The molecule has 0 bridgehead atoms. The zero-order valence-corrected chi connectivity index (χ0v) is 11.1. The second kappa shape index (κ2) is 4.79. The van der Waals surface area contributed by atoms with Crippen LogP contribution in [0.15, 0.2) is 5.51 Å². The maximum absolute atomic E-state index is 13.7. The van der Waals surface area contributed by atoms with Crippen LogP contribution in [-0.2, 0) is 0 Å². The fourth-order valence-corrected chi connectivity index (χ4v) is 3.06. The van der Waals surface area contributed by atoms with Crippen molar-refractivity contribution in [2.45, 2.75) is 37.1 Å². The minimum Gasteiger partial charge on any atom is -0.341 e. The highest BCUT2D eigenvalue weighted by Crippen LogP contribution is 2.41. The molecule has 1 aliphatic carbocycles. The summed E-state index contributed by atoms with van der Waals surface area (Å²) in [6, 6.07) is -1.14. The third-order valence-electron chi connectivity index (χ3n) is 3.56. The van der Waals surface area contributed by atoms with Crippen molar-refractivity contribution in [2.24, 2.45) is 0 Å². The van der Waals surface area contributed by atoms with Gasteiger partial charge in [-0.2, -0.15) is 0 Å². The summed E-state index contributed by atoms with van der Waals surface area (Å²) < 4.78 is 27.4. The van der Waals surface area contributed by atoms with E-state index in [2.05, 4.69) is 15.6 Å². The number of nitrogens with zero attached hydrogens (tertiary/aromatic N) is 1. The third-order valence-corrected chi connectivity index (χ3v) is 4.41. The first-order chi connectivity index (χ1) is 9.08. The molecule has 0 unspecified atom stereocenters. The summed E-state index contributed by atoms with van der Waals surface area (Å²) in [6.07, 6.45) is 1.83. The molecular weight excluding hydrogens is 272 g/mol. The number of nitrogens with one attached hydrogen (secondary N) is 2. The van der Waals surface area contributed by atoms with Gasteiger partial charge in [0.25, 0.3) is 11.8 Å². The molecule has 2 N–H and O–H groups in total. The molecule has 104 valence electrons. The number of halogens is 2. The Morgan fingerprint density at radius 2 is 2.32 bits per heavy atom. The van der Waals surface area contributed by atoms with Gasteiger partial charge in [-0.25, -0.2) is 13.8 Å². The van der Waals surface area contributed by atoms with Gasteiger partial charge < -0.3 is 10.6 Å². The van der Waals surface area contributed by atoms with Crippen molar-refractivity contribution in [3.05, 3.63) is 16.1 Å². The van der Waals surface area contributed by atoms with E-state index in [1.807, 2.05) is 0 Å². The first-order valence-electron chi connectivity index (χ1n) is 6.41. The van der Waals surface area contributed by atoms with Crippen molar-refractivity contribution >= 4 is 17.2 Å². The average molecular weight is 287 g/mol. The number of hydrogen-bond acceptors (Lipinski definition) is 4. The Labute approximate surface area is 113 Å². The van der Waals surface area contributed by atoms with Crippen LogP contribution in [-0.4, -0.2) is 35.9 Å². The van der Waals surface area contributed by atoms with Gasteiger partial charge in [0, 0.05) is 25.4 Å². The minimum atomic E-state index is -2.84. The number of carbonyl (C=O) groups excluding carboxylic acids is 1. The molecule has 1 aromatic rings. The molecule has 1 aliphatic heterocycles. The van der Waals surface area contributed by atoms with Crippen molar-refractivity contribution in [1.82, 2.24) is 15.6 Å². The van der Waals surface area contributed by atoms with Crippen LogP contribution in [0.25, 0.3) is 0 Å². The van der Waals surface area contributed by atoms with Crippen LogP contribution in [0, 0.1) is 0 Å². The molecule has 7 heteroatoms. The molecule has 3 rings (SSSR count). The SMILES string of the molecule is O=C(N[C@H]1CNCCC1(F)F)c1scnc1C1CC1. The molecule has 0 radical (unpaired) electrons. The number of aromatic nitrogens is 1. The summed E-state index contributed by atoms with van der Waals surface area (Å²) >= 11 is 1.23.